The number of rotatable bonds is 6. The number of fused-ring (bicyclic) bond motifs is 1. The third-order valence-electron chi connectivity index (χ3n) is 4.88. The quantitative estimate of drug-likeness (QED) is 0.671. The van der Waals surface area contributed by atoms with Crippen LogP contribution in [0, 0.1) is 0 Å². The van der Waals surface area contributed by atoms with Gasteiger partial charge in [-0.2, -0.15) is 0 Å². The van der Waals surface area contributed by atoms with Crippen molar-refractivity contribution in [2.75, 3.05) is 32.6 Å². The van der Waals surface area contributed by atoms with E-state index in [4.69, 9.17) is 10.5 Å². The Balaban J connectivity index is 0.00000136. The molecule has 1 saturated heterocycles. The predicted molar refractivity (Wildman–Crippen MR) is 115 cm³/mol. The van der Waals surface area contributed by atoms with Crippen molar-refractivity contribution in [2.24, 2.45) is 5.73 Å². The van der Waals surface area contributed by atoms with Gasteiger partial charge in [0.05, 0.1) is 23.4 Å². The van der Waals surface area contributed by atoms with Crippen molar-refractivity contribution in [3.8, 4) is 0 Å². The lowest BCUT2D eigenvalue weighted by Gasteiger charge is -2.31. The lowest BCUT2D eigenvalue weighted by Crippen LogP contribution is -2.39. The number of carbonyl (C=O) groups excluding carboxylic acids is 1. The van der Waals surface area contributed by atoms with Gasteiger partial charge in [0.15, 0.2) is 0 Å². The second kappa shape index (κ2) is 9.87. The highest BCUT2D eigenvalue weighted by atomic mass is 79.9. The number of nitrogens with two attached hydrogens (primary N) is 1. The zero-order valence-electron chi connectivity index (χ0n) is 16.5. The SMILES string of the molecule is CC.COCCS(=O)(=O)N1CCC(c2c[nH]c3c(C(N)=O)cc(Br)cc23)CC1. The van der Waals surface area contributed by atoms with Crippen molar-refractivity contribution < 1.29 is 17.9 Å². The molecule has 0 atom stereocenters. The number of amides is 1. The van der Waals surface area contributed by atoms with Gasteiger partial charge in [0.25, 0.3) is 5.91 Å². The molecular weight excluding hydrogens is 446 g/mol. The molecule has 1 aliphatic rings. The lowest BCUT2D eigenvalue weighted by atomic mass is 9.89. The summed E-state index contributed by atoms with van der Waals surface area (Å²) in [5.74, 6) is -0.243. The third kappa shape index (κ3) is 4.94. The number of nitrogens with zero attached hydrogens (tertiary/aromatic N) is 1. The molecule has 7 nitrogen and oxygen atoms in total. The Hall–Kier alpha value is -1.42. The first kappa shape index (κ1) is 22.9. The van der Waals surface area contributed by atoms with Crippen LogP contribution in [0.1, 0.15) is 48.5 Å². The van der Waals surface area contributed by atoms with E-state index in [0.717, 1.165) is 33.8 Å². The summed E-state index contributed by atoms with van der Waals surface area (Å²) in [6.07, 6.45) is 3.37. The van der Waals surface area contributed by atoms with Crippen LogP contribution >= 0.6 is 15.9 Å². The highest BCUT2D eigenvalue weighted by molar-refractivity contribution is 9.10. The Kier molecular flexibility index (Phi) is 8.06. The molecule has 0 unspecified atom stereocenters. The average molecular weight is 474 g/mol. The van der Waals surface area contributed by atoms with Gasteiger partial charge in [-0.25, -0.2) is 12.7 Å². The summed E-state index contributed by atoms with van der Waals surface area (Å²) in [6, 6.07) is 3.67. The van der Waals surface area contributed by atoms with Crippen LogP contribution in [0.15, 0.2) is 22.8 Å². The number of H-pyrrole nitrogens is 1. The van der Waals surface area contributed by atoms with Crippen molar-refractivity contribution in [1.82, 2.24) is 9.29 Å². The Labute approximate surface area is 174 Å². The Morgan fingerprint density at radius 3 is 2.54 bits per heavy atom. The van der Waals surface area contributed by atoms with Crippen molar-refractivity contribution in [1.29, 1.82) is 0 Å². The third-order valence-corrected chi connectivity index (χ3v) is 7.18. The highest BCUT2D eigenvalue weighted by Crippen LogP contribution is 2.36. The predicted octanol–water partition coefficient (Wildman–Crippen LogP) is 3.21. The maximum absolute atomic E-state index is 12.3. The number of primary amides is 1. The number of benzene rings is 1. The molecule has 156 valence electrons. The molecule has 1 aromatic heterocycles. The van der Waals surface area contributed by atoms with E-state index in [1.54, 1.807) is 10.4 Å². The van der Waals surface area contributed by atoms with Crippen LogP contribution < -0.4 is 5.73 Å². The minimum atomic E-state index is -3.27. The lowest BCUT2D eigenvalue weighted by molar-refractivity contribution is 0.100. The van der Waals surface area contributed by atoms with Crippen LogP contribution in [-0.4, -0.2) is 56.2 Å². The summed E-state index contributed by atoms with van der Waals surface area (Å²) in [6.45, 7) is 5.18. The second-order valence-electron chi connectivity index (χ2n) is 6.47. The van der Waals surface area contributed by atoms with Gasteiger partial charge in [-0.05, 0) is 36.5 Å². The molecule has 2 aromatic rings. The molecule has 28 heavy (non-hydrogen) atoms. The first-order valence-electron chi connectivity index (χ1n) is 9.40. The number of halogens is 1. The normalized spacial score (nSPS) is 16.0. The van der Waals surface area contributed by atoms with Crippen LogP contribution in [-0.2, 0) is 14.8 Å². The molecule has 1 fully saturated rings. The summed E-state index contributed by atoms with van der Waals surface area (Å²) in [4.78, 5) is 14.9. The summed E-state index contributed by atoms with van der Waals surface area (Å²) < 4.78 is 31.8. The van der Waals surface area contributed by atoms with Crippen molar-refractivity contribution in [2.45, 2.75) is 32.6 Å². The molecular formula is C19H28BrN3O4S. The van der Waals surface area contributed by atoms with E-state index in [1.165, 1.54) is 7.11 Å². The largest absolute Gasteiger partial charge is 0.384 e. The van der Waals surface area contributed by atoms with Crippen LogP contribution in [0.4, 0.5) is 0 Å². The van der Waals surface area contributed by atoms with E-state index < -0.39 is 15.9 Å². The topological polar surface area (TPSA) is 105 Å². The fourth-order valence-electron chi connectivity index (χ4n) is 3.51. The van der Waals surface area contributed by atoms with Gasteiger partial charge < -0.3 is 15.5 Å². The van der Waals surface area contributed by atoms with Gasteiger partial charge in [-0.1, -0.05) is 29.8 Å². The van der Waals surface area contributed by atoms with Crippen LogP contribution in [0.25, 0.3) is 10.9 Å². The van der Waals surface area contributed by atoms with E-state index in [1.807, 2.05) is 26.1 Å². The van der Waals surface area contributed by atoms with Gasteiger partial charge in [-0.15, -0.1) is 0 Å². The van der Waals surface area contributed by atoms with E-state index >= 15 is 0 Å². The molecule has 0 saturated carbocycles. The fraction of sp³-hybridized carbons (Fsp3) is 0.526. The monoisotopic (exact) mass is 473 g/mol. The Bertz CT molecular complexity index is 919. The highest BCUT2D eigenvalue weighted by Gasteiger charge is 2.29. The maximum atomic E-state index is 12.3. The van der Waals surface area contributed by atoms with Crippen molar-refractivity contribution in [3.05, 3.63) is 33.9 Å². The molecule has 0 bridgehead atoms. The number of ether oxygens (including phenoxy) is 1. The summed E-state index contributed by atoms with van der Waals surface area (Å²) in [7, 11) is -1.78. The zero-order valence-corrected chi connectivity index (χ0v) is 18.9. The Morgan fingerprint density at radius 2 is 1.96 bits per heavy atom. The molecule has 0 aliphatic carbocycles. The first-order chi connectivity index (χ1) is 13.3. The Morgan fingerprint density at radius 1 is 1.32 bits per heavy atom. The number of nitrogens with one attached hydrogen (secondary N) is 1. The standard InChI is InChI=1S/C17H22BrN3O4S.C2H6/c1-25-6-7-26(23,24)21-4-2-11(3-5-21)15-10-20-16-13(15)8-12(18)9-14(16)17(19)22;1-2/h8-11,20H,2-7H2,1H3,(H2,19,22);1-2H3. The summed E-state index contributed by atoms with van der Waals surface area (Å²) in [5, 5.41) is 0.953. The zero-order chi connectivity index (χ0) is 20.9. The average Bonchev–Trinajstić information content (AvgIpc) is 3.11. The second-order valence-corrected chi connectivity index (χ2v) is 9.47. The van der Waals surface area contributed by atoms with E-state index in [9.17, 15) is 13.2 Å². The molecule has 1 amide bonds. The molecule has 1 aliphatic heterocycles. The van der Waals surface area contributed by atoms with E-state index in [-0.39, 0.29) is 18.3 Å². The number of carbonyl (C=O) groups is 1. The summed E-state index contributed by atoms with van der Waals surface area (Å²) in [5.41, 5.74) is 7.75. The molecule has 1 aromatic carbocycles. The number of aromatic nitrogens is 1. The molecule has 3 N–H and O–H groups in total. The molecule has 0 radical (unpaired) electrons. The van der Waals surface area contributed by atoms with Crippen LogP contribution in [0.2, 0.25) is 0 Å². The van der Waals surface area contributed by atoms with Crippen molar-refractivity contribution in [3.63, 3.8) is 0 Å². The van der Waals surface area contributed by atoms with Gasteiger partial charge in [-0.3, -0.25) is 4.79 Å². The van der Waals surface area contributed by atoms with Crippen LogP contribution in [0.5, 0.6) is 0 Å². The number of aromatic amines is 1. The van der Waals surface area contributed by atoms with Crippen molar-refractivity contribution >= 4 is 42.8 Å². The first-order valence-corrected chi connectivity index (χ1v) is 11.8. The van der Waals surface area contributed by atoms with Gasteiger partial charge in [0.2, 0.25) is 10.0 Å². The number of methoxy groups -OCH3 is 1. The van der Waals surface area contributed by atoms with Gasteiger partial charge in [0.1, 0.15) is 0 Å². The molecule has 2 heterocycles. The number of hydrogen-bond donors (Lipinski definition) is 2. The molecule has 0 spiro atoms. The van der Waals surface area contributed by atoms with Gasteiger partial charge in [0, 0.05) is 36.3 Å². The molecule has 3 rings (SSSR count). The minimum absolute atomic E-state index is 0.0101. The van der Waals surface area contributed by atoms with E-state index in [2.05, 4.69) is 20.9 Å². The number of piperidine rings is 1. The maximum Gasteiger partial charge on any atom is 0.250 e. The number of hydrogen-bond acceptors (Lipinski definition) is 4. The number of sulfonamides is 1. The molecule has 9 heteroatoms. The van der Waals surface area contributed by atoms with Gasteiger partial charge >= 0.3 is 0 Å². The fourth-order valence-corrected chi connectivity index (χ4v) is 5.37. The summed E-state index contributed by atoms with van der Waals surface area (Å²) >= 11 is 3.43. The van der Waals surface area contributed by atoms with E-state index in [0.29, 0.717) is 18.7 Å². The smallest absolute Gasteiger partial charge is 0.250 e. The minimum Gasteiger partial charge on any atom is -0.384 e. The van der Waals surface area contributed by atoms with Crippen LogP contribution in [0.3, 0.4) is 0 Å².